The van der Waals surface area contributed by atoms with E-state index in [1.807, 2.05) is 18.2 Å². The first-order chi connectivity index (χ1) is 16.6. The normalized spacial score (nSPS) is 14.4. The lowest BCUT2D eigenvalue weighted by molar-refractivity contribution is 0.249. The minimum Gasteiger partial charge on any atom is -0.506 e. The van der Waals surface area contributed by atoms with E-state index >= 15 is 0 Å². The van der Waals surface area contributed by atoms with E-state index in [0.717, 1.165) is 45.0 Å². The van der Waals surface area contributed by atoms with Crippen LogP contribution in [0.25, 0.3) is 16.6 Å². The van der Waals surface area contributed by atoms with Crippen LogP contribution in [0.15, 0.2) is 54.9 Å². The van der Waals surface area contributed by atoms with Gasteiger partial charge in [0.05, 0.1) is 11.7 Å². The lowest BCUT2D eigenvalue weighted by atomic mass is 10.1. The predicted molar refractivity (Wildman–Crippen MR) is 128 cm³/mol. The van der Waals surface area contributed by atoms with Crippen LogP contribution in [0.5, 0.6) is 5.75 Å². The molecule has 1 aliphatic heterocycles. The molecule has 8 heteroatoms. The summed E-state index contributed by atoms with van der Waals surface area (Å²) in [7, 11) is 0. The Bertz CT molecular complexity index is 1350. The summed E-state index contributed by atoms with van der Waals surface area (Å²) in [5, 5.41) is 23.1. The van der Waals surface area contributed by atoms with E-state index in [-0.39, 0.29) is 11.3 Å². The molecule has 7 nitrogen and oxygen atoms in total. The number of piperazine rings is 1. The van der Waals surface area contributed by atoms with Crippen LogP contribution in [0.3, 0.4) is 0 Å². The summed E-state index contributed by atoms with van der Waals surface area (Å²) in [5.74, 6) is -0.0656. The van der Waals surface area contributed by atoms with Gasteiger partial charge in [0.1, 0.15) is 23.2 Å². The zero-order valence-electron chi connectivity index (χ0n) is 18.9. The van der Waals surface area contributed by atoms with Gasteiger partial charge in [-0.05, 0) is 35.7 Å². The molecular weight excluding hydrogens is 431 g/mol. The fourth-order valence-corrected chi connectivity index (χ4v) is 4.46. The Labute approximate surface area is 197 Å². The van der Waals surface area contributed by atoms with Crippen molar-refractivity contribution in [2.75, 3.05) is 31.1 Å². The highest BCUT2D eigenvalue weighted by Crippen LogP contribution is 2.31. The molecule has 34 heavy (non-hydrogen) atoms. The first-order valence-corrected chi connectivity index (χ1v) is 11.4. The van der Waals surface area contributed by atoms with Crippen LogP contribution in [-0.2, 0) is 13.0 Å². The van der Waals surface area contributed by atoms with Crippen molar-refractivity contribution in [1.82, 2.24) is 19.5 Å². The van der Waals surface area contributed by atoms with Gasteiger partial charge >= 0.3 is 0 Å². The van der Waals surface area contributed by atoms with Gasteiger partial charge in [0.2, 0.25) is 0 Å². The standard InChI is InChI=1S/C26H25FN6O/c1-2-18-3-5-19(6-4-18)16-31-9-11-32(12-10-31)24-8-7-20(15-29-24)22-13-21(34)17-33-25(22)23(14-28)26(27)30-33/h3-8,13,15,17,34H,2,9-12,16H2,1H3. The van der Waals surface area contributed by atoms with Crippen molar-refractivity contribution < 1.29 is 9.50 Å². The molecule has 3 aromatic heterocycles. The monoisotopic (exact) mass is 456 g/mol. The van der Waals surface area contributed by atoms with E-state index in [9.17, 15) is 14.8 Å². The number of hydrogen-bond donors (Lipinski definition) is 1. The van der Waals surface area contributed by atoms with Crippen LogP contribution in [0.1, 0.15) is 23.6 Å². The fourth-order valence-electron chi connectivity index (χ4n) is 4.46. The minimum atomic E-state index is -0.863. The minimum absolute atomic E-state index is 0.0703. The first kappa shape index (κ1) is 21.9. The molecule has 1 aromatic carbocycles. The Hall–Kier alpha value is -3.96. The van der Waals surface area contributed by atoms with Crippen molar-refractivity contribution in [3.63, 3.8) is 0 Å². The highest BCUT2D eigenvalue weighted by molar-refractivity contribution is 5.85. The van der Waals surface area contributed by atoms with E-state index in [4.69, 9.17) is 0 Å². The molecule has 1 fully saturated rings. The van der Waals surface area contributed by atoms with E-state index in [1.54, 1.807) is 6.20 Å². The van der Waals surface area contributed by atoms with Gasteiger partial charge in [-0.25, -0.2) is 9.50 Å². The number of fused-ring (bicyclic) bond motifs is 1. The van der Waals surface area contributed by atoms with Crippen molar-refractivity contribution in [2.45, 2.75) is 19.9 Å². The van der Waals surface area contributed by atoms with Crippen LogP contribution in [0.2, 0.25) is 0 Å². The van der Waals surface area contributed by atoms with Crippen LogP contribution in [-0.4, -0.2) is 50.8 Å². The van der Waals surface area contributed by atoms with Gasteiger partial charge in [-0.15, -0.1) is 5.10 Å². The molecule has 0 spiro atoms. The number of aromatic hydroxyl groups is 1. The number of rotatable bonds is 5. The molecule has 1 saturated heterocycles. The number of anilines is 1. The van der Waals surface area contributed by atoms with Gasteiger partial charge in [-0.3, -0.25) is 4.90 Å². The highest BCUT2D eigenvalue weighted by Gasteiger charge is 2.20. The number of halogens is 1. The molecule has 0 amide bonds. The van der Waals surface area contributed by atoms with Gasteiger partial charge in [0.25, 0.3) is 5.95 Å². The molecule has 0 atom stereocenters. The second kappa shape index (κ2) is 9.12. The highest BCUT2D eigenvalue weighted by atomic mass is 19.1. The molecule has 5 rings (SSSR count). The SMILES string of the molecule is CCc1ccc(CN2CCN(c3ccc(-c4cc(O)cn5nc(F)c(C#N)c45)cn3)CC2)cc1. The Morgan fingerprint density at radius 3 is 2.44 bits per heavy atom. The zero-order chi connectivity index (χ0) is 23.7. The maximum absolute atomic E-state index is 14.1. The summed E-state index contributed by atoms with van der Waals surface area (Å²) >= 11 is 0. The lowest BCUT2D eigenvalue weighted by Gasteiger charge is -2.35. The number of benzene rings is 1. The summed E-state index contributed by atoms with van der Waals surface area (Å²) < 4.78 is 15.3. The zero-order valence-corrected chi connectivity index (χ0v) is 18.9. The van der Waals surface area contributed by atoms with Gasteiger partial charge in [-0.1, -0.05) is 31.2 Å². The second-order valence-corrected chi connectivity index (χ2v) is 8.52. The third-order valence-corrected chi connectivity index (χ3v) is 6.37. The van der Waals surface area contributed by atoms with Crippen LogP contribution < -0.4 is 4.90 Å². The molecule has 0 radical (unpaired) electrons. The van der Waals surface area contributed by atoms with Crippen molar-refractivity contribution in [2.24, 2.45) is 0 Å². The number of nitrogens with zero attached hydrogens (tertiary/aromatic N) is 6. The number of aromatic nitrogens is 3. The van der Waals surface area contributed by atoms with Crippen molar-refractivity contribution in [3.8, 4) is 22.9 Å². The third-order valence-electron chi connectivity index (χ3n) is 6.37. The van der Waals surface area contributed by atoms with Gasteiger partial charge in [0, 0.05) is 50.0 Å². The maximum Gasteiger partial charge on any atom is 0.251 e. The molecule has 1 N–H and O–H groups in total. The number of hydrogen-bond acceptors (Lipinski definition) is 6. The molecular formula is C26H25FN6O. The largest absolute Gasteiger partial charge is 0.506 e. The fraction of sp³-hybridized carbons (Fsp3) is 0.269. The second-order valence-electron chi connectivity index (χ2n) is 8.52. The summed E-state index contributed by atoms with van der Waals surface area (Å²) in [6.45, 7) is 6.77. The Morgan fingerprint density at radius 2 is 1.79 bits per heavy atom. The molecule has 4 heterocycles. The molecule has 0 unspecified atom stereocenters. The molecule has 172 valence electrons. The molecule has 1 aliphatic rings. The Balaban J connectivity index is 1.30. The number of aryl methyl sites for hydroxylation is 1. The van der Waals surface area contributed by atoms with Crippen LogP contribution >= 0.6 is 0 Å². The average Bonchev–Trinajstić information content (AvgIpc) is 3.19. The lowest BCUT2D eigenvalue weighted by Crippen LogP contribution is -2.46. The quantitative estimate of drug-likeness (QED) is 0.489. The average molecular weight is 457 g/mol. The smallest absolute Gasteiger partial charge is 0.251 e. The Kier molecular flexibility index (Phi) is 5.86. The van der Waals surface area contributed by atoms with Crippen molar-refractivity contribution in [3.05, 3.63) is 77.5 Å². The van der Waals surface area contributed by atoms with E-state index in [2.05, 4.69) is 51.1 Å². The van der Waals surface area contributed by atoms with Crippen LogP contribution in [0, 0.1) is 17.3 Å². The van der Waals surface area contributed by atoms with Gasteiger partial charge < -0.3 is 10.0 Å². The first-order valence-electron chi connectivity index (χ1n) is 11.4. The van der Waals surface area contributed by atoms with Crippen molar-refractivity contribution in [1.29, 1.82) is 5.26 Å². The van der Waals surface area contributed by atoms with Gasteiger partial charge in [-0.2, -0.15) is 9.65 Å². The molecule has 0 aliphatic carbocycles. The van der Waals surface area contributed by atoms with E-state index in [1.165, 1.54) is 27.9 Å². The Morgan fingerprint density at radius 1 is 1.06 bits per heavy atom. The molecule has 4 aromatic rings. The molecule has 0 saturated carbocycles. The summed E-state index contributed by atoms with van der Waals surface area (Å²) in [6.07, 6.45) is 4.03. The molecule has 0 bridgehead atoms. The summed E-state index contributed by atoms with van der Waals surface area (Å²) in [6, 6.07) is 16.0. The van der Waals surface area contributed by atoms with Crippen molar-refractivity contribution >= 4 is 11.3 Å². The third kappa shape index (κ3) is 4.18. The van der Waals surface area contributed by atoms with E-state index < -0.39 is 5.95 Å². The number of pyridine rings is 2. The maximum atomic E-state index is 14.1. The topological polar surface area (TPSA) is 80.7 Å². The predicted octanol–water partition coefficient (Wildman–Crippen LogP) is 4.00. The number of nitriles is 1. The summed E-state index contributed by atoms with van der Waals surface area (Å²) in [4.78, 5) is 9.32. The van der Waals surface area contributed by atoms with E-state index in [0.29, 0.717) is 16.6 Å². The van der Waals surface area contributed by atoms with Crippen LogP contribution in [0.4, 0.5) is 10.2 Å². The van der Waals surface area contributed by atoms with Gasteiger partial charge in [0.15, 0.2) is 0 Å². The summed E-state index contributed by atoms with van der Waals surface area (Å²) in [5.41, 5.74) is 4.03.